The summed E-state index contributed by atoms with van der Waals surface area (Å²) in [7, 11) is 0. The molecule has 0 aliphatic rings. The third kappa shape index (κ3) is 2.57. The summed E-state index contributed by atoms with van der Waals surface area (Å²) in [5, 5.41) is 7.41. The molecule has 0 saturated heterocycles. The van der Waals surface area contributed by atoms with Crippen LogP contribution in [0, 0.1) is 11.6 Å². The first-order valence-corrected chi connectivity index (χ1v) is 5.17. The maximum atomic E-state index is 13.0. The Kier molecular flexibility index (Phi) is 3.42. The molecule has 0 aliphatic heterocycles. The molecule has 1 heterocycles. The summed E-state index contributed by atoms with van der Waals surface area (Å²) >= 11 is 0. The SMILES string of the molecule is NCc1cn(CC(=O)c2ccc(F)c(F)c2)nn1. The van der Waals surface area contributed by atoms with Gasteiger partial charge in [0.25, 0.3) is 0 Å². The predicted molar refractivity (Wildman–Crippen MR) is 58.6 cm³/mol. The molecule has 0 atom stereocenters. The number of halogens is 2. The fourth-order valence-electron chi connectivity index (χ4n) is 1.42. The maximum Gasteiger partial charge on any atom is 0.184 e. The molecule has 0 spiro atoms. The molecule has 0 amide bonds. The van der Waals surface area contributed by atoms with Gasteiger partial charge in [-0.2, -0.15) is 0 Å². The zero-order valence-electron chi connectivity index (χ0n) is 9.31. The van der Waals surface area contributed by atoms with Crippen LogP contribution in [0.15, 0.2) is 24.4 Å². The average molecular weight is 252 g/mol. The molecule has 0 fully saturated rings. The first-order chi connectivity index (χ1) is 8.60. The molecule has 2 N–H and O–H groups in total. The number of carbonyl (C=O) groups excluding carboxylic acids is 1. The van der Waals surface area contributed by atoms with Crippen molar-refractivity contribution in [2.75, 3.05) is 0 Å². The van der Waals surface area contributed by atoms with Crippen LogP contribution in [-0.4, -0.2) is 20.8 Å². The van der Waals surface area contributed by atoms with Crippen molar-refractivity contribution >= 4 is 5.78 Å². The topological polar surface area (TPSA) is 73.8 Å². The predicted octanol–water partition coefficient (Wildman–Crippen LogP) is 0.898. The van der Waals surface area contributed by atoms with Crippen LogP contribution in [-0.2, 0) is 13.1 Å². The number of benzene rings is 1. The van der Waals surface area contributed by atoms with Crippen molar-refractivity contribution in [3.05, 3.63) is 47.3 Å². The minimum absolute atomic E-state index is 0.0821. The van der Waals surface area contributed by atoms with E-state index in [0.717, 1.165) is 12.1 Å². The van der Waals surface area contributed by atoms with Crippen molar-refractivity contribution < 1.29 is 13.6 Å². The summed E-state index contributed by atoms with van der Waals surface area (Å²) < 4.78 is 27.0. The van der Waals surface area contributed by atoms with Crippen LogP contribution in [0.25, 0.3) is 0 Å². The van der Waals surface area contributed by atoms with Gasteiger partial charge in [0.1, 0.15) is 6.54 Å². The van der Waals surface area contributed by atoms with E-state index in [0.29, 0.717) is 5.69 Å². The number of Topliss-reactive ketones (excluding diaryl/α,β-unsaturated/α-hetero) is 1. The summed E-state index contributed by atoms with van der Waals surface area (Å²) in [6, 6.07) is 3.00. The summed E-state index contributed by atoms with van der Waals surface area (Å²) in [5.74, 6) is -2.43. The number of hydrogen-bond acceptors (Lipinski definition) is 4. The van der Waals surface area contributed by atoms with Crippen LogP contribution in [0.3, 0.4) is 0 Å². The van der Waals surface area contributed by atoms with E-state index in [1.807, 2.05) is 0 Å². The lowest BCUT2D eigenvalue weighted by Gasteiger charge is -2.01. The molecule has 0 unspecified atom stereocenters. The van der Waals surface area contributed by atoms with Gasteiger partial charge in [-0.05, 0) is 18.2 Å². The molecular weight excluding hydrogens is 242 g/mol. The number of ketones is 1. The van der Waals surface area contributed by atoms with E-state index in [1.54, 1.807) is 0 Å². The van der Waals surface area contributed by atoms with Gasteiger partial charge >= 0.3 is 0 Å². The largest absolute Gasteiger partial charge is 0.325 e. The third-order valence-corrected chi connectivity index (χ3v) is 2.34. The molecule has 0 aliphatic carbocycles. The highest BCUT2D eigenvalue weighted by molar-refractivity contribution is 5.95. The third-order valence-electron chi connectivity index (χ3n) is 2.34. The van der Waals surface area contributed by atoms with Gasteiger partial charge in [-0.15, -0.1) is 5.10 Å². The lowest BCUT2D eigenvalue weighted by molar-refractivity contribution is 0.0966. The second-order valence-electron chi connectivity index (χ2n) is 3.66. The number of nitrogens with zero attached hydrogens (tertiary/aromatic N) is 3. The van der Waals surface area contributed by atoms with Crippen molar-refractivity contribution in [3.63, 3.8) is 0 Å². The van der Waals surface area contributed by atoms with E-state index in [-0.39, 0.29) is 24.4 Å². The van der Waals surface area contributed by atoms with E-state index < -0.39 is 11.6 Å². The van der Waals surface area contributed by atoms with Crippen LogP contribution < -0.4 is 5.73 Å². The first-order valence-electron chi connectivity index (χ1n) is 5.17. The van der Waals surface area contributed by atoms with Crippen molar-refractivity contribution in [2.45, 2.75) is 13.1 Å². The molecule has 2 aromatic rings. The lowest BCUT2D eigenvalue weighted by Crippen LogP contribution is -2.11. The number of rotatable bonds is 4. The first kappa shape index (κ1) is 12.3. The number of carbonyl (C=O) groups is 1. The zero-order chi connectivity index (χ0) is 13.1. The number of aromatic nitrogens is 3. The highest BCUT2D eigenvalue weighted by Crippen LogP contribution is 2.10. The lowest BCUT2D eigenvalue weighted by atomic mass is 10.1. The summed E-state index contributed by atoms with van der Waals surface area (Å²) in [4.78, 5) is 11.8. The van der Waals surface area contributed by atoms with Gasteiger partial charge in [-0.3, -0.25) is 4.79 Å². The molecule has 0 radical (unpaired) electrons. The van der Waals surface area contributed by atoms with Gasteiger partial charge in [-0.1, -0.05) is 5.21 Å². The molecule has 5 nitrogen and oxygen atoms in total. The monoisotopic (exact) mass is 252 g/mol. The van der Waals surface area contributed by atoms with E-state index in [2.05, 4.69) is 10.3 Å². The average Bonchev–Trinajstić information content (AvgIpc) is 2.80. The molecule has 7 heteroatoms. The van der Waals surface area contributed by atoms with Gasteiger partial charge < -0.3 is 5.73 Å². The fourth-order valence-corrected chi connectivity index (χ4v) is 1.42. The normalized spacial score (nSPS) is 10.6. The Balaban J connectivity index is 2.14. The van der Waals surface area contributed by atoms with Gasteiger partial charge in [0, 0.05) is 12.1 Å². The number of hydrogen-bond donors (Lipinski definition) is 1. The molecule has 0 bridgehead atoms. The molecule has 0 saturated carbocycles. The fraction of sp³-hybridized carbons (Fsp3) is 0.182. The molecule has 18 heavy (non-hydrogen) atoms. The Bertz CT molecular complexity index is 582. The summed E-state index contributed by atoms with van der Waals surface area (Å²) in [6.45, 7) is 0.122. The van der Waals surface area contributed by atoms with Gasteiger partial charge in [0.2, 0.25) is 0 Å². The molecule has 1 aromatic carbocycles. The Hall–Kier alpha value is -2.15. The highest BCUT2D eigenvalue weighted by Gasteiger charge is 2.11. The standard InChI is InChI=1S/C11H10F2N4O/c12-9-2-1-7(3-10(9)13)11(18)6-17-5-8(4-14)15-16-17/h1-3,5H,4,6,14H2. The molecule has 1 aromatic heterocycles. The van der Waals surface area contributed by atoms with Crippen LogP contribution in [0.1, 0.15) is 16.1 Å². The van der Waals surface area contributed by atoms with Crippen molar-refractivity contribution in [3.8, 4) is 0 Å². The van der Waals surface area contributed by atoms with E-state index in [4.69, 9.17) is 5.73 Å². The van der Waals surface area contributed by atoms with Gasteiger partial charge in [-0.25, -0.2) is 13.5 Å². The Morgan fingerprint density at radius 1 is 1.33 bits per heavy atom. The molecular formula is C11H10F2N4O. The van der Waals surface area contributed by atoms with Crippen molar-refractivity contribution in [1.29, 1.82) is 0 Å². The zero-order valence-corrected chi connectivity index (χ0v) is 9.31. The molecule has 94 valence electrons. The molecule has 2 rings (SSSR count). The maximum absolute atomic E-state index is 13.0. The Labute approximate surface area is 101 Å². The van der Waals surface area contributed by atoms with Crippen LogP contribution in [0.5, 0.6) is 0 Å². The van der Waals surface area contributed by atoms with Crippen LogP contribution in [0.4, 0.5) is 8.78 Å². The van der Waals surface area contributed by atoms with E-state index in [9.17, 15) is 13.6 Å². The minimum Gasteiger partial charge on any atom is -0.325 e. The van der Waals surface area contributed by atoms with Crippen LogP contribution >= 0.6 is 0 Å². The van der Waals surface area contributed by atoms with E-state index in [1.165, 1.54) is 16.9 Å². The summed E-state index contributed by atoms with van der Waals surface area (Å²) in [5.41, 5.74) is 5.98. The van der Waals surface area contributed by atoms with Crippen LogP contribution in [0.2, 0.25) is 0 Å². The Morgan fingerprint density at radius 2 is 2.11 bits per heavy atom. The Morgan fingerprint density at radius 3 is 2.72 bits per heavy atom. The second-order valence-corrected chi connectivity index (χ2v) is 3.66. The van der Waals surface area contributed by atoms with Gasteiger partial charge in [0.05, 0.1) is 11.9 Å². The van der Waals surface area contributed by atoms with Crippen molar-refractivity contribution in [2.24, 2.45) is 5.73 Å². The smallest absolute Gasteiger partial charge is 0.184 e. The summed E-state index contributed by atoms with van der Waals surface area (Å²) in [6.07, 6.45) is 1.53. The minimum atomic E-state index is -1.05. The second kappa shape index (κ2) is 5.01. The highest BCUT2D eigenvalue weighted by atomic mass is 19.2. The quantitative estimate of drug-likeness (QED) is 0.820. The van der Waals surface area contributed by atoms with E-state index >= 15 is 0 Å². The van der Waals surface area contributed by atoms with Crippen molar-refractivity contribution in [1.82, 2.24) is 15.0 Å². The van der Waals surface area contributed by atoms with Gasteiger partial charge in [0.15, 0.2) is 17.4 Å². The number of nitrogens with two attached hydrogens (primary N) is 1.